The average molecular weight is 409 g/mol. The summed E-state index contributed by atoms with van der Waals surface area (Å²) in [5, 5.41) is 6.82. The number of rotatable bonds is 4. The Morgan fingerprint density at radius 1 is 1.08 bits per heavy atom. The number of hydrogen-bond acceptors (Lipinski definition) is 3. The van der Waals surface area contributed by atoms with Crippen LogP contribution in [0.1, 0.15) is 64.4 Å². The molecule has 2 saturated carbocycles. The molecule has 3 rings (SSSR count). The summed E-state index contributed by atoms with van der Waals surface area (Å²) < 4.78 is 6.48. The van der Waals surface area contributed by atoms with Crippen molar-refractivity contribution >= 4 is 22.0 Å². The summed E-state index contributed by atoms with van der Waals surface area (Å²) in [7, 11) is 0. The molecule has 0 heterocycles. The minimum absolute atomic E-state index is 0.245. The van der Waals surface area contributed by atoms with Crippen LogP contribution in [0.2, 0.25) is 0 Å². The van der Waals surface area contributed by atoms with Crippen molar-refractivity contribution in [3.05, 3.63) is 34.3 Å². The highest BCUT2D eigenvalue weighted by Gasteiger charge is 2.40. The molecule has 0 saturated heterocycles. The number of carbonyl (C=O) groups is 1. The highest BCUT2D eigenvalue weighted by Crippen LogP contribution is 2.42. The lowest BCUT2D eigenvalue weighted by Gasteiger charge is -2.30. The van der Waals surface area contributed by atoms with Crippen LogP contribution in [0.4, 0.5) is 4.79 Å². The standard InChI is InChI=1S/C20H29BrN2O2/c1-20(2,3)25-19(24)23-16-10-8-15(9-11-16)22-18-12-17(18)13-4-6-14(21)7-5-13/h4-7,15-18,22H,8-12H2,1-3H3,(H,23,24)/t15?,16?,17-,18+/m1/s1. The van der Waals surface area contributed by atoms with Crippen LogP contribution in [-0.4, -0.2) is 29.8 Å². The van der Waals surface area contributed by atoms with Crippen LogP contribution in [0.15, 0.2) is 28.7 Å². The predicted molar refractivity (Wildman–Crippen MR) is 104 cm³/mol. The average Bonchev–Trinajstić information content (AvgIpc) is 3.27. The maximum atomic E-state index is 11.9. The molecular formula is C20H29BrN2O2. The highest BCUT2D eigenvalue weighted by atomic mass is 79.9. The summed E-state index contributed by atoms with van der Waals surface area (Å²) >= 11 is 3.49. The van der Waals surface area contributed by atoms with E-state index in [4.69, 9.17) is 4.74 Å². The number of amides is 1. The van der Waals surface area contributed by atoms with Gasteiger partial charge >= 0.3 is 6.09 Å². The minimum atomic E-state index is -0.434. The van der Waals surface area contributed by atoms with Gasteiger partial charge in [0.1, 0.15) is 5.60 Å². The molecule has 4 nitrogen and oxygen atoms in total. The lowest BCUT2D eigenvalue weighted by molar-refractivity contribution is 0.0489. The Balaban J connectivity index is 1.37. The summed E-state index contributed by atoms with van der Waals surface area (Å²) in [6.45, 7) is 5.68. The van der Waals surface area contributed by atoms with Gasteiger partial charge in [-0.25, -0.2) is 4.79 Å². The normalized spacial score (nSPS) is 29.1. The minimum Gasteiger partial charge on any atom is -0.444 e. The molecule has 0 bridgehead atoms. The fourth-order valence-electron chi connectivity index (χ4n) is 3.64. The molecule has 1 amide bonds. The molecule has 0 spiro atoms. The zero-order valence-corrected chi connectivity index (χ0v) is 16.9. The molecule has 5 heteroatoms. The van der Waals surface area contributed by atoms with Crippen LogP contribution in [0.3, 0.4) is 0 Å². The van der Waals surface area contributed by atoms with Crippen molar-refractivity contribution in [1.82, 2.24) is 10.6 Å². The number of alkyl carbamates (subject to hydrolysis) is 1. The molecule has 2 aliphatic carbocycles. The first-order valence-corrected chi connectivity index (χ1v) is 10.1. The van der Waals surface area contributed by atoms with Crippen LogP contribution in [-0.2, 0) is 4.74 Å². The Morgan fingerprint density at radius 2 is 1.68 bits per heavy atom. The van der Waals surface area contributed by atoms with E-state index in [1.807, 2.05) is 20.8 Å². The van der Waals surface area contributed by atoms with E-state index in [2.05, 4.69) is 50.8 Å². The zero-order valence-electron chi connectivity index (χ0n) is 15.3. The Labute approximate surface area is 159 Å². The first-order chi connectivity index (χ1) is 11.8. The predicted octanol–water partition coefficient (Wildman–Crippen LogP) is 4.73. The van der Waals surface area contributed by atoms with Gasteiger partial charge in [0.05, 0.1) is 0 Å². The van der Waals surface area contributed by atoms with Crippen LogP contribution in [0.5, 0.6) is 0 Å². The lowest BCUT2D eigenvalue weighted by atomic mass is 9.91. The summed E-state index contributed by atoms with van der Waals surface area (Å²) in [6.07, 6.45) is 5.21. The number of carbonyl (C=O) groups excluding carboxylic acids is 1. The Morgan fingerprint density at radius 3 is 2.28 bits per heavy atom. The third-order valence-electron chi connectivity index (χ3n) is 4.99. The summed E-state index contributed by atoms with van der Waals surface area (Å²) in [5.41, 5.74) is 0.998. The second kappa shape index (κ2) is 7.67. The topological polar surface area (TPSA) is 50.4 Å². The van der Waals surface area contributed by atoms with E-state index in [9.17, 15) is 4.79 Å². The van der Waals surface area contributed by atoms with E-state index in [1.54, 1.807) is 0 Å². The Hall–Kier alpha value is -1.07. The molecule has 0 radical (unpaired) electrons. The van der Waals surface area contributed by atoms with Crippen molar-refractivity contribution in [3.63, 3.8) is 0 Å². The van der Waals surface area contributed by atoms with Gasteiger partial charge in [0.25, 0.3) is 0 Å². The molecule has 0 aliphatic heterocycles. The van der Waals surface area contributed by atoms with E-state index in [1.165, 1.54) is 12.0 Å². The Kier molecular flexibility index (Phi) is 5.74. The van der Waals surface area contributed by atoms with Crippen molar-refractivity contribution in [2.24, 2.45) is 0 Å². The number of nitrogens with one attached hydrogen (secondary N) is 2. The number of hydrogen-bond donors (Lipinski definition) is 2. The van der Waals surface area contributed by atoms with Crippen LogP contribution in [0.25, 0.3) is 0 Å². The van der Waals surface area contributed by atoms with E-state index < -0.39 is 5.60 Å². The first kappa shape index (κ1) is 18.7. The fraction of sp³-hybridized carbons (Fsp3) is 0.650. The lowest BCUT2D eigenvalue weighted by Crippen LogP contribution is -2.44. The van der Waals surface area contributed by atoms with Crippen molar-refractivity contribution < 1.29 is 9.53 Å². The molecule has 0 unspecified atom stereocenters. The molecule has 25 heavy (non-hydrogen) atoms. The SMILES string of the molecule is CC(C)(C)OC(=O)NC1CCC(N[C@H]2C[C@@H]2c2ccc(Br)cc2)CC1. The van der Waals surface area contributed by atoms with Crippen LogP contribution >= 0.6 is 15.9 Å². The molecule has 2 N–H and O–H groups in total. The third kappa shape index (κ3) is 5.71. The smallest absolute Gasteiger partial charge is 0.407 e. The molecular weight excluding hydrogens is 380 g/mol. The highest BCUT2D eigenvalue weighted by molar-refractivity contribution is 9.10. The van der Waals surface area contributed by atoms with Crippen LogP contribution in [0, 0.1) is 0 Å². The second-order valence-corrected chi connectivity index (χ2v) is 9.28. The largest absolute Gasteiger partial charge is 0.444 e. The van der Waals surface area contributed by atoms with Gasteiger partial charge < -0.3 is 15.4 Å². The van der Waals surface area contributed by atoms with E-state index >= 15 is 0 Å². The number of ether oxygens (including phenoxy) is 1. The summed E-state index contributed by atoms with van der Waals surface area (Å²) in [4.78, 5) is 11.9. The van der Waals surface area contributed by atoms with Crippen molar-refractivity contribution in [1.29, 1.82) is 0 Å². The number of benzene rings is 1. The van der Waals surface area contributed by atoms with Crippen molar-refractivity contribution in [3.8, 4) is 0 Å². The third-order valence-corrected chi connectivity index (χ3v) is 5.52. The monoisotopic (exact) mass is 408 g/mol. The van der Waals surface area contributed by atoms with Crippen LogP contribution < -0.4 is 10.6 Å². The first-order valence-electron chi connectivity index (χ1n) is 9.31. The summed E-state index contributed by atoms with van der Waals surface area (Å²) in [5.74, 6) is 0.658. The number of halogens is 1. The van der Waals surface area contributed by atoms with Gasteiger partial charge in [-0.1, -0.05) is 28.1 Å². The molecule has 0 aromatic heterocycles. The molecule has 138 valence electrons. The van der Waals surface area contributed by atoms with Gasteiger partial charge in [-0.05, 0) is 70.6 Å². The molecule has 1 aromatic carbocycles. The molecule has 1 aromatic rings. The maximum absolute atomic E-state index is 11.9. The second-order valence-electron chi connectivity index (χ2n) is 8.36. The molecule has 2 atom stereocenters. The summed E-state index contributed by atoms with van der Waals surface area (Å²) in [6, 6.07) is 10.1. The van der Waals surface area contributed by atoms with Crippen molar-refractivity contribution in [2.75, 3.05) is 0 Å². The Bertz CT molecular complexity index is 589. The van der Waals surface area contributed by atoms with Gasteiger partial charge in [0.2, 0.25) is 0 Å². The fourth-order valence-corrected chi connectivity index (χ4v) is 3.90. The zero-order chi connectivity index (χ0) is 18.0. The molecule has 2 aliphatic rings. The van der Waals surface area contributed by atoms with Gasteiger partial charge in [0.15, 0.2) is 0 Å². The molecule has 2 fully saturated rings. The quantitative estimate of drug-likeness (QED) is 0.756. The van der Waals surface area contributed by atoms with E-state index in [-0.39, 0.29) is 12.1 Å². The van der Waals surface area contributed by atoms with E-state index in [0.717, 1.165) is 30.2 Å². The van der Waals surface area contributed by atoms with Gasteiger partial charge in [-0.2, -0.15) is 0 Å². The van der Waals surface area contributed by atoms with Gasteiger partial charge in [0, 0.05) is 28.5 Å². The maximum Gasteiger partial charge on any atom is 0.407 e. The van der Waals surface area contributed by atoms with E-state index in [0.29, 0.717) is 18.0 Å². The van der Waals surface area contributed by atoms with Crippen molar-refractivity contribution in [2.45, 2.75) is 82.5 Å². The van der Waals surface area contributed by atoms with Gasteiger partial charge in [-0.15, -0.1) is 0 Å². The van der Waals surface area contributed by atoms with Gasteiger partial charge in [-0.3, -0.25) is 0 Å².